The van der Waals surface area contributed by atoms with E-state index in [2.05, 4.69) is 9.71 Å². The molecule has 1 aromatic heterocycles. The van der Waals surface area contributed by atoms with Gasteiger partial charge in [-0.25, -0.2) is 22.5 Å². The number of rotatable bonds is 5. The average Bonchev–Trinajstić information content (AvgIpc) is 2.86. The normalized spacial score (nSPS) is 13.3. The average molecular weight is 329 g/mol. The first kappa shape index (κ1) is 15.9. The second-order valence-corrected chi connectivity index (χ2v) is 7.38. The number of thiazole rings is 1. The van der Waals surface area contributed by atoms with Crippen LogP contribution in [-0.4, -0.2) is 13.4 Å². The van der Waals surface area contributed by atoms with Gasteiger partial charge in [0.15, 0.2) is 0 Å². The van der Waals surface area contributed by atoms with Gasteiger partial charge < -0.3 is 5.73 Å². The Hall–Kier alpha value is -1.51. The number of sulfonamides is 1. The largest absolute Gasteiger partial charge is 0.399 e. The minimum absolute atomic E-state index is 0.173. The van der Waals surface area contributed by atoms with Crippen LogP contribution in [0.15, 0.2) is 29.3 Å². The maximum Gasteiger partial charge on any atom is 0.244 e. The number of halogens is 1. The first-order chi connectivity index (χ1) is 9.83. The van der Waals surface area contributed by atoms with E-state index < -0.39 is 26.8 Å². The fourth-order valence-corrected chi connectivity index (χ4v) is 3.97. The summed E-state index contributed by atoms with van der Waals surface area (Å²) in [5, 5.41) is 0.645. The third-order valence-corrected chi connectivity index (χ3v) is 5.77. The van der Waals surface area contributed by atoms with E-state index in [0.29, 0.717) is 5.01 Å². The van der Waals surface area contributed by atoms with Crippen LogP contribution in [0.4, 0.5) is 10.1 Å². The number of nitrogens with zero attached hydrogens (tertiary/aromatic N) is 1. The summed E-state index contributed by atoms with van der Waals surface area (Å²) in [4.78, 5) is 4.82. The molecule has 0 spiro atoms. The Morgan fingerprint density at radius 2 is 2.19 bits per heavy atom. The van der Waals surface area contributed by atoms with Gasteiger partial charge in [-0.05, 0) is 31.5 Å². The molecule has 5 nitrogen and oxygen atoms in total. The Bertz CT molecular complexity index is 744. The van der Waals surface area contributed by atoms with Crippen molar-refractivity contribution < 1.29 is 12.8 Å². The molecule has 0 bridgehead atoms. The number of aromatic nitrogens is 1. The Morgan fingerprint density at radius 3 is 2.76 bits per heavy atom. The number of hydrogen-bond acceptors (Lipinski definition) is 5. The van der Waals surface area contributed by atoms with E-state index in [1.165, 1.54) is 17.4 Å². The molecular formula is C13H16FN3O2S2. The first-order valence-corrected chi connectivity index (χ1v) is 8.65. The second kappa shape index (κ2) is 6.08. The van der Waals surface area contributed by atoms with E-state index in [1.54, 1.807) is 13.1 Å². The van der Waals surface area contributed by atoms with Crippen molar-refractivity contribution in [2.45, 2.75) is 31.2 Å². The van der Waals surface area contributed by atoms with E-state index in [4.69, 9.17) is 5.73 Å². The molecule has 0 radical (unpaired) electrons. The first-order valence-electron chi connectivity index (χ1n) is 6.35. The van der Waals surface area contributed by atoms with Crippen LogP contribution >= 0.6 is 11.3 Å². The van der Waals surface area contributed by atoms with Crippen LogP contribution in [-0.2, 0) is 16.4 Å². The molecule has 1 unspecified atom stereocenters. The molecule has 114 valence electrons. The van der Waals surface area contributed by atoms with E-state index in [1.807, 2.05) is 6.92 Å². The minimum atomic E-state index is -3.97. The Kier molecular flexibility index (Phi) is 4.60. The summed E-state index contributed by atoms with van der Waals surface area (Å²) in [6.07, 6.45) is 2.55. The van der Waals surface area contributed by atoms with Crippen molar-refractivity contribution in [2.24, 2.45) is 0 Å². The van der Waals surface area contributed by atoms with Gasteiger partial charge in [0.2, 0.25) is 10.0 Å². The molecule has 2 aromatic rings. The fraction of sp³-hybridized carbons (Fsp3) is 0.308. The maximum atomic E-state index is 13.7. The highest BCUT2D eigenvalue weighted by molar-refractivity contribution is 7.89. The Balaban J connectivity index is 2.24. The molecule has 1 heterocycles. The van der Waals surface area contributed by atoms with Gasteiger partial charge in [-0.2, -0.15) is 0 Å². The number of nitrogens with one attached hydrogen (secondary N) is 1. The molecular weight excluding hydrogens is 313 g/mol. The lowest BCUT2D eigenvalue weighted by Crippen LogP contribution is -2.27. The highest BCUT2D eigenvalue weighted by Gasteiger charge is 2.23. The molecule has 0 amide bonds. The molecule has 1 aromatic carbocycles. The highest BCUT2D eigenvalue weighted by atomic mass is 32.2. The quantitative estimate of drug-likeness (QED) is 0.825. The van der Waals surface area contributed by atoms with Gasteiger partial charge in [-0.15, -0.1) is 11.3 Å². The van der Waals surface area contributed by atoms with Crippen molar-refractivity contribution in [1.29, 1.82) is 0 Å². The summed E-state index contributed by atoms with van der Waals surface area (Å²) in [6, 6.07) is 2.95. The number of anilines is 1. The molecule has 21 heavy (non-hydrogen) atoms. The van der Waals surface area contributed by atoms with Gasteiger partial charge in [-0.1, -0.05) is 6.92 Å². The number of nitrogen functional groups attached to an aromatic ring is 1. The van der Waals surface area contributed by atoms with Gasteiger partial charge >= 0.3 is 0 Å². The Labute approximate surface area is 127 Å². The van der Waals surface area contributed by atoms with Gasteiger partial charge in [0.25, 0.3) is 0 Å². The molecule has 0 fully saturated rings. The third-order valence-electron chi connectivity index (χ3n) is 2.87. The molecule has 0 aliphatic rings. The monoisotopic (exact) mass is 329 g/mol. The fourth-order valence-electron chi connectivity index (χ4n) is 1.77. The van der Waals surface area contributed by atoms with Crippen LogP contribution in [0.5, 0.6) is 0 Å². The van der Waals surface area contributed by atoms with Crippen LogP contribution in [0, 0.1) is 5.82 Å². The van der Waals surface area contributed by atoms with E-state index in [9.17, 15) is 12.8 Å². The van der Waals surface area contributed by atoms with Crippen LogP contribution in [0.1, 0.15) is 29.8 Å². The van der Waals surface area contributed by atoms with Crippen molar-refractivity contribution in [3.63, 3.8) is 0 Å². The second-order valence-electron chi connectivity index (χ2n) is 4.55. The van der Waals surface area contributed by atoms with Crippen molar-refractivity contribution >= 4 is 27.0 Å². The highest BCUT2D eigenvalue weighted by Crippen LogP contribution is 2.23. The molecule has 0 saturated heterocycles. The van der Waals surface area contributed by atoms with Gasteiger partial charge in [-0.3, -0.25) is 0 Å². The van der Waals surface area contributed by atoms with Crippen LogP contribution in [0.25, 0.3) is 0 Å². The zero-order valence-corrected chi connectivity index (χ0v) is 13.3. The molecule has 0 saturated carbocycles. The smallest absolute Gasteiger partial charge is 0.244 e. The topological polar surface area (TPSA) is 85.1 Å². The zero-order valence-electron chi connectivity index (χ0n) is 11.6. The zero-order chi connectivity index (χ0) is 15.6. The molecule has 1 atom stereocenters. The lowest BCUT2D eigenvalue weighted by molar-refractivity contribution is 0.547. The van der Waals surface area contributed by atoms with E-state index >= 15 is 0 Å². The molecule has 0 aliphatic heterocycles. The van der Waals surface area contributed by atoms with Crippen molar-refractivity contribution in [3.8, 4) is 0 Å². The summed E-state index contributed by atoms with van der Waals surface area (Å²) in [5.41, 5.74) is 5.59. The van der Waals surface area contributed by atoms with E-state index in [-0.39, 0.29) is 5.69 Å². The van der Waals surface area contributed by atoms with Gasteiger partial charge in [0.1, 0.15) is 15.7 Å². The number of benzene rings is 1. The van der Waals surface area contributed by atoms with Gasteiger partial charge in [0, 0.05) is 16.8 Å². The predicted molar refractivity (Wildman–Crippen MR) is 81.0 cm³/mol. The summed E-state index contributed by atoms with van der Waals surface area (Å²) in [6.45, 7) is 3.67. The van der Waals surface area contributed by atoms with Crippen LogP contribution in [0.2, 0.25) is 0 Å². The molecule has 0 aliphatic carbocycles. The SMILES string of the molecule is CCc1cnc(C(C)NS(=O)(=O)c2ccc(N)cc2F)s1. The Morgan fingerprint density at radius 1 is 1.48 bits per heavy atom. The van der Waals surface area contributed by atoms with Gasteiger partial charge in [0.05, 0.1) is 6.04 Å². The molecule has 3 N–H and O–H groups in total. The molecule has 2 rings (SSSR count). The lowest BCUT2D eigenvalue weighted by atomic mass is 10.3. The third kappa shape index (κ3) is 3.58. The number of nitrogens with two attached hydrogens (primary N) is 1. The van der Waals surface area contributed by atoms with Crippen molar-refractivity contribution in [1.82, 2.24) is 9.71 Å². The summed E-state index contributed by atoms with van der Waals surface area (Å²) < 4.78 is 40.6. The summed E-state index contributed by atoms with van der Waals surface area (Å²) in [7, 11) is -3.97. The maximum absolute atomic E-state index is 13.7. The standard InChI is InChI=1S/C13H16FN3O2S2/c1-3-10-7-16-13(20-10)8(2)17-21(18,19)12-5-4-9(15)6-11(12)14/h4-8,17H,3,15H2,1-2H3. The number of hydrogen-bond donors (Lipinski definition) is 2. The van der Waals surface area contributed by atoms with E-state index in [0.717, 1.165) is 23.4 Å². The summed E-state index contributed by atoms with van der Waals surface area (Å²) in [5.74, 6) is -0.872. The van der Waals surface area contributed by atoms with Crippen molar-refractivity contribution in [3.05, 3.63) is 40.1 Å². The summed E-state index contributed by atoms with van der Waals surface area (Å²) >= 11 is 1.43. The van der Waals surface area contributed by atoms with Crippen LogP contribution in [0.3, 0.4) is 0 Å². The number of aryl methyl sites for hydroxylation is 1. The molecule has 8 heteroatoms. The lowest BCUT2D eigenvalue weighted by Gasteiger charge is -2.12. The van der Waals surface area contributed by atoms with Crippen molar-refractivity contribution in [2.75, 3.05) is 5.73 Å². The minimum Gasteiger partial charge on any atom is -0.399 e. The van der Waals surface area contributed by atoms with Crippen LogP contribution < -0.4 is 10.5 Å². The predicted octanol–water partition coefficient (Wildman–Crippen LogP) is 2.47.